The lowest BCUT2D eigenvalue weighted by Crippen LogP contribution is -2.36. The lowest BCUT2D eigenvalue weighted by molar-refractivity contribution is -0.132. The summed E-state index contributed by atoms with van der Waals surface area (Å²) in [6, 6.07) is 0. The first-order valence-corrected chi connectivity index (χ1v) is 10.1. The number of thiazole rings is 1. The number of aromatic nitrogens is 1. The predicted octanol–water partition coefficient (Wildman–Crippen LogP) is 3.02. The minimum atomic E-state index is 0. The first-order chi connectivity index (χ1) is 11.7. The molecular formula is C18H30ClN3O2S. The van der Waals surface area contributed by atoms with E-state index in [1.165, 1.54) is 17.7 Å². The van der Waals surface area contributed by atoms with Crippen molar-refractivity contribution >= 4 is 29.7 Å². The van der Waals surface area contributed by atoms with E-state index in [-0.39, 0.29) is 12.4 Å². The molecular weight excluding hydrogens is 358 g/mol. The van der Waals surface area contributed by atoms with Crippen molar-refractivity contribution < 1.29 is 9.53 Å². The van der Waals surface area contributed by atoms with E-state index in [1.54, 1.807) is 11.3 Å². The fourth-order valence-electron chi connectivity index (χ4n) is 3.61. The van der Waals surface area contributed by atoms with Crippen molar-refractivity contribution in [1.29, 1.82) is 0 Å². The van der Waals surface area contributed by atoms with Gasteiger partial charge < -0.3 is 15.0 Å². The molecule has 0 bridgehead atoms. The molecule has 0 saturated carbocycles. The van der Waals surface area contributed by atoms with Gasteiger partial charge in [0.25, 0.3) is 0 Å². The maximum atomic E-state index is 12.9. The Morgan fingerprint density at radius 1 is 1.44 bits per heavy atom. The Labute approximate surface area is 160 Å². The van der Waals surface area contributed by atoms with Gasteiger partial charge in [0.1, 0.15) is 0 Å². The molecule has 2 unspecified atom stereocenters. The highest BCUT2D eigenvalue weighted by Gasteiger charge is 2.24. The highest BCUT2D eigenvalue weighted by atomic mass is 35.5. The average Bonchev–Trinajstić information content (AvgIpc) is 3.25. The minimum absolute atomic E-state index is 0. The van der Waals surface area contributed by atoms with Crippen LogP contribution < -0.4 is 5.32 Å². The molecule has 2 aliphatic rings. The molecule has 1 aromatic rings. The molecule has 3 heterocycles. The van der Waals surface area contributed by atoms with Crippen molar-refractivity contribution in [1.82, 2.24) is 15.2 Å². The highest BCUT2D eigenvalue weighted by molar-refractivity contribution is 7.09. The van der Waals surface area contributed by atoms with E-state index in [9.17, 15) is 4.79 Å². The predicted molar refractivity (Wildman–Crippen MR) is 103 cm³/mol. The maximum Gasteiger partial charge on any atom is 0.222 e. The standard InChI is InChI=1S/C18H29N3O2S.ClH/c1-14-17(24-13-20-14)11-21(10-16-6-7-19-9-16)18(22)5-4-15-3-2-8-23-12-15;/h13,15-16,19H,2-12H2,1H3;1H. The zero-order valence-corrected chi connectivity index (χ0v) is 16.7. The highest BCUT2D eigenvalue weighted by Crippen LogP contribution is 2.22. The van der Waals surface area contributed by atoms with E-state index in [0.29, 0.717) is 30.7 Å². The number of halogens is 1. The Bertz CT molecular complexity index is 528. The summed E-state index contributed by atoms with van der Waals surface area (Å²) in [5, 5.41) is 3.41. The van der Waals surface area contributed by atoms with Gasteiger partial charge in [-0.3, -0.25) is 4.79 Å². The number of carbonyl (C=O) groups excluding carboxylic acids is 1. The molecule has 25 heavy (non-hydrogen) atoms. The van der Waals surface area contributed by atoms with Crippen LogP contribution >= 0.6 is 23.7 Å². The maximum absolute atomic E-state index is 12.9. The van der Waals surface area contributed by atoms with Gasteiger partial charge in [-0.15, -0.1) is 23.7 Å². The van der Waals surface area contributed by atoms with Crippen molar-refractivity contribution in [2.24, 2.45) is 11.8 Å². The molecule has 3 rings (SSSR count). The van der Waals surface area contributed by atoms with Crippen molar-refractivity contribution in [2.75, 3.05) is 32.8 Å². The van der Waals surface area contributed by atoms with Crippen LogP contribution in [0.1, 0.15) is 42.7 Å². The van der Waals surface area contributed by atoms with E-state index in [1.807, 2.05) is 12.4 Å². The number of hydrogen-bond donors (Lipinski definition) is 1. The topological polar surface area (TPSA) is 54.5 Å². The number of nitrogens with zero attached hydrogens (tertiary/aromatic N) is 2. The third-order valence-corrected chi connectivity index (χ3v) is 6.11. The van der Waals surface area contributed by atoms with Gasteiger partial charge in [0.05, 0.1) is 17.7 Å². The van der Waals surface area contributed by atoms with E-state index < -0.39 is 0 Å². The third kappa shape index (κ3) is 6.20. The van der Waals surface area contributed by atoms with Crippen LogP contribution in [0.2, 0.25) is 0 Å². The number of ether oxygens (including phenoxy) is 1. The van der Waals surface area contributed by atoms with E-state index >= 15 is 0 Å². The summed E-state index contributed by atoms with van der Waals surface area (Å²) in [6.07, 6.45) is 5.11. The Balaban J connectivity index is 0.00000225. The molecule has 2 aliphatic heterocycles. The minimum Gasteiger partial charge on any atom is -0.381 e. The average molecular weight is 388 g/mol. The summed E-state index contributed by atoms with van der Waals surface area (Å²) in [4.78, 5) is 20.5. The van der Waals surface area contributed by atoms with Crippen molar-refractivity contribution in [2.45, 2.75) is 45.6 Å². The normalized spacial score (nSPS) is 23.2. The Morgan fingerprint density at radius 3 is 2.96 bits per heavy atom. The van der Waals surface area contributed by atoms with Gasteiger partial charge in [-0.1, -0.05) is 0 Å². The third-order valence-electron chi connectivity index (χ3n) is 5.19. The number of rotatable bonds is 7. The first kappa shape index (κ1) is 20.6. The molecule has 2 saturated heterocycles. The Morgan fingerprint density at radius 2 is 2.32 bits per heavy atom. The van der Waals surface area contributed by atoms with Gasteiger partial charge in [-0.2, -0.15) is 0 Å². The second kappa shape index (κ2) is 10.5. The van der Waals surface area contributed by atoms with Crippen LogP contribution in [0, 0.1) is 18.8 Å². The van der Waals surface area contributed by atoms with E-state index in [0.717, 1.165) is 51.4 Å². The van der Waals surface area contributed by atoms with Crippen LogP contribution in [0.25, 0.3) is 0 Å². The molecule has 5 nitrogen and oxygen atoms in total. The second-order valence-corrected chi connectivity index (χ2v) is 8.06. The van der Waals surface area contributed by atoms with Crippen LogP contribution in [0.15, 0.2) is 5.51 Å². The van der Waals surface area contributed by atoms with Crippen LogP contribution in [0.5, 0.6) is 0 Å². The Hall–Kier alpha value is -0.690. The number of nitrogens with one attached hydrogen (secondary N) is 1. The summed E-state index contributed by atoms with van der Waals surface area (Å²) in [6.45, 7) is 7.43. The van der Waals surface area contributed by atoms with Gasteiger partial charge in [-0.25, -0.2) is 4.98 Å². The van der Waals surface area contributed by atoms with Gasteiger partial charge in [0, 0.05) is 31.1 Å². The molecule has 142 valence electrons. The van der Waals surface area contributed by atoms with E-state index in [4.69, 9.17) is 4.74 Å². The molecule has 2 atom stereocenters. The zero-order valence-electron chi connectivity index (χ0n) is 15.0. The number of amides is 1. The van der Waals surface area contributed by atoms with Crippen LogP contribution in [-0.4, -0.2) is 48.6 Å². The SMILES string of the molecule is Cc1ncsc1CN(CC1CCNC1)C(=O)CCC1CCCOC1.Cl. The van der Waals surface area contributed by atoms with Gasteiger partial charge in [0.15, 0.2) is 0 Å². The summed E-state index contributed by atoms with van der Waals surface area (Å²) >= 11 is 1.66. The van der Waals surface area contributed by atoms with Gasteiger partial charge >= 0.3 is 0 Å². The van der Waals surface area contributed by atoms with Crippen LogP contribution in [-0.2, 0) is 16.1 Å². The first-order valence-electron chi connectivity index (χ1n) is 9.17. The molecule has 7 heteroatoms. The molecule has 0 radical (unpaired) electrons. The largest absolute Gasteiger partial charge is 0.381 e. The quantitative estimate of drug-likeness (QED) is 0.781. The second-order valence-electron chi connectivity index (χ2n) is 7.12. The molecule has 1 aromatic heterocycles. The Kier molecular flexibility index (Phi) is 8.62. The molecule has 0 aromatic carbocycles. The number of aryl methyl sites for hydroxylation is 1. The summed E-state index contributed by atoms with van der Waals surface area (Å²) in [5.41, 5.74) is 2.94. The monoisotopic (exact) mass is 387 g/mol. The summed E-state index contributed by atoms with van der Waals surface area (Å²) in [7, 11) is 0. The summed E-state index contributed by atoms with van der Waals surface area (Å²) < 4.78 is 5.54. The van der Waals surface area contributed by atoms with Gasteiger partial charge in [-0.05, 0) is 57.5 Å². The van der Waals surface area contributed by atoms with Crippen molar-refractivity contribution in [3.8, 4) is 0 Å². The van der Waals surface area contributed by atoms with Crippen LogP contribution in [0.3, 0.4) is 0 Å². The molecule has 0 spiro atoms. The molecule has 1 N–H and O–H groups in total. The van der Waals surface area contributed by atoms with E-state index in [2.05, 4.69) is 15.2 Å². The fraction of sp³-hybridized carbons (Fsp3) is 0.778. The van der Waals surface area contributed by atoms with Crippen molar-refractivity contribution in [3.05, 3.63) is 16.1 Å². The lowest BCUT2D eigenvalue weighted by Gasteiger charge is -2.27. The number of hydrogen-bond acceptors (Lipinski definition) is 5. The molecule has 0 aliphatic carbocycles. The lowest BCUT2D eigenvalue weighted by atomic mass is 9.96. The van der Waals surface area contributed by atoms with Gasteiger partial charge in [0.2, 0.25) is 5.91 Å². The van der Waals surface area contributed by atoms with Crippen molar-refractivity contribution in [3.63, 3.8) is 0 Å². The summed E-state index contributed by atoms with van der Waals surface area (Å²) in [5.74, 6) is 1.43. The fourth-order valence-corrected chi connectivity index (χ4v) is 4.40. The zero-order chi connectivity index (χ0) is 16.8. The number of carbonyl (C=O) groups is 1. The smallest absolute Gasteiger partial charge is 0.222 e. The van der Waals surface area contributed by atoms with Crippen LogP contribution in [0.4, 0.5) is 0 Å². The molecule has 2 fully saturated rings. The molecule has 1 amide bonds.